The van der Waals surface area contributed by atoms with Crippen LogP contribution in [0.25, 0.3) is 44.6 Å². The van der Waals surface area contributed by atoms with Crippen molar-refractivity contribution in [3.8, 4) is 34.7 Å². The summed E-state index contributed by atoms with van der Waals surface area (Å²) in [6.45, 7) is 53.7. The zero-order chi connectivity index (χ0) is 106. The second kappa shape index (κ2) is 50.5. The van der Waals surface area contributed by atoms with Crippen LogP contribution in [0.3, 0.4) is 0 Å². The third-order valence-electron chi connectivity index (χ3n) is 25.7. The molecule has 24 nitrogen and oxygen atoms in total. The maximum absolute atomic E-state index is 14.9. The molecule has 1 aliphatic carbocycles. The Balaban J connectivity index is 0.000000242. The Morgan fingerprint density at radius 1 is 0.507 bits per heavy atom. The number of nitrogens with zero attached hydrogens (tertiary/aromatic N) is 16. The van der Waals surface area contributed by atoms with Crippen molar-refractivity contribution in [2.45, 2.75) is 252 Å². The number of rotatable bonds is 22. The van der Waals surface area contributed by atoms with Crippen LogP contribution in [-0.2, 0) is 56.2 Å². The van der Waals surface area contributed by atoms with Crippen LogP contribution >= 0.6 is 108 Å². The summed E-state index contributed by atoms with van der Waals surface area (Å²) >= 11 is 43.4. The Morgan fingerprint density at radius 2 is 0.873 bits per heavy atom. The molecule has 142 heavy (non-hydrogen) atoms. The monoisotopic (exact) mass is 2240 g/mol. The van der Waals surface area contributed by atoms with Crippen LogP contribution in [0.4, 0.5) is 0 Å². The first-order chi connectivity index (χ1) is 65.9. The molecule has 2 unspecified atom stereocenters. The molecule has 1 aliphatic heterocycles. The molecule has 1 saturated carbocycles. The van der Waals surface area contributed by atoms with E-state index in [4.69, 9.17) is 112 Å². The number of aromatic nitrogens is 10. The number of nitriles is 2. The van der Waals surface area contributed by atoms with Crippen LogP contribution in [0.2, 0.25) is 54.4 Å². The van der Waals surface area contributed by atoms with Gasteiger partial charge >= 0.3 is 141 Å². The van der Waals surface area contributed by atoms with Gasteiger partial charge in [0, 0.05) is 75.9 Å². The molecule has 12 aromatic rings. The molecule has 0 spiro atoms. The second-order valence-electron chi connectivity index (χ2n) is 41.1. The maximum atomic E-state index is 14.9. The van der Waals surface area contributed by atoms with Gasteiger partial charge in [0.15, 0.2) is 46.4 Å². The van der Waals surface area contributed by atoms with E-state index >= 15 is 0 Å². The summed E-state index contributed by atoms with van der Waals surface area (Å²) in [5.74, 6) is -0.325. The fourth-order valence-electron chi connectivity index (χ4n) is 14.0. The third kappa shape index (κ3) is 31.3. The summed E-state index contributed by atoms with van der Waals surface area (Å²) in [5, 5.41) is 29.3. The van der Waals surface area contributed by atoms with E-state index in [-0.39, 0.29) is 45.7 Å². The topological polar surface area (TPSA) is 300 Å². The van der Waals surface area contributed by atoms with E-state index in [2.05, 4.69) is 165 Å². The SMILES string of the molecule is CC(C)(C)C(=O)OCn1ccc2c(-c3cnn(C4(CC#N)CCC4)c3)ncnc21.CC(C)(C)C(=O)n1ccc2c(-c3cnn(C4(CC#N)CN(S(=O)(=N[Si](C)(C)C(C)(C)C)c5ccccc5)C4)c3)ncnc21.CC(C)(C)[Si](C)(C)N=S(=O)(Cl)c1ccccc1.CC(C)(C)[Si](C)(C)NS(=O)(=O)c1ccccc1.CCN(CC)CC.ClC(Cl)Cl.ClC(Cl)Cl.ClP(Cl)(c1ccccc1)(c1ccccc1)c1ccccc1. The molecule has 1 N–H and O–H groups in total. The molecule has 1 saturated heterocycles. The van der Waals surface area contributed by atoms with E-state index in [0.29, 0.717) is 51.2 Å². The molecular weight excluding hydrogens is 2110 g/mol. The molecule has 0 bridgehead atoms. The van der Waals surface area contributed by atoms with Crippen molar-refractivity contribution in [2.75, 3.05) is 32.7 Å². The Hall–Kier alpha value is -7.48. The molecule has 0 radical (unpaired) electrons. The van der Waals surface area contributed by atoms with E-state index in [9.17, 15) is 36.9 Å². The molecular formula is C102H137Cl9N17O7PS3Si3. The predicted molar refractivity (Wildman–Crippen MR) is 603 cm³/mol. The summed E-state index contributed by atoms with van der Waals surface area (Å²) in [6.07, 6.45) is 17.6. The van der Waals surface area contributed by atoms with Gasteiger partial charge in [-0.2, -0.15) is 20.7 Å². The van der Waals surface area contributed by atoms with Crippen LogP contribution in [0.15, 0.2) is 267 Å². The molecule has 40 heteroatoms. The number of benzene rings is 6. The predicted octanol–water partition coefficient (Wildman–Crippen LogP) is 27.8. The van der Waals surface area contributed by atoms with Crippen LogP contribution in [0.5, 0.6) is 0 Å². The Labute approximate surface area is 889 Å². The van der Waals surface area contributed by atoms with E-state index in [1.165, 1.54) is 32.3 Å². The summed E-state index contributed by atoms with van der Waals surface area (Å²) < 4.78 is 77.3. The number of hydrogen-bond acceptors (Lipinski definition) is 18. The Kier molecular flexibility index (Phi) is 43.2. The molecule has 7 heterocycles. The molecule has 0 amide bonds. The van der Waals surface area contributed by atoms with Gasteiger partial charge < -0.3 is 9.64 Å². The fourth-order valence-corrected chi connectivity index (χ4v) is 36.2. The third-order valence-corrected chi connectivity index (χ3v) is 57.3. The number of halogens is 9. The zero-order valence-electron chi connectivity index (χ0n) is 85.6. The molecule has 14 rings (SSSR count). The number of carbonyl (C=O) groups excluding carboxylic acids is 2. The number of alkyl halides is 6. The summed E-state index contributed by atoms with van der Waals surface area (Å²) in [6, 6.07) is 65.3. The van der Waals surface area contributed by atoms with Gasteiger partial charge in [0.1, 0.15) is 42.0 Å². The van der Waals surface area contributed by atoms with Crippen LogP contribution in [-0.4, -0.2) is 153 Å². The molecule has 2 atom stereocenters. The van der Waals surface area contributed by atoms with Gasteiger partial charge in [0.25, 0.3) is 0 Å². The second-order valence-corrected chi connectivity index (χ2v) is 75.3. The van der Waals surface area contributed by atoms with Crippen molar-refractivity contribution in [3.05, 3.63) is 244 Å². The van der Waals surface area contributed by atoms with Gasteiger partial charge in [0.2, 0.25) is 15.9 Å². The number of carbonyl (C=O) groups is 2. The summed E-state index contributed by atoms with van der Waals surface area (Å²) in [4.78, 5) is 46.9. The number of fused-ring (bicyclic) bond motifs is 2. The molecule has 2 aliphatic rings. The Bertz CT molecular complexity index is 6500. The average molecular weight is 2240 g/mol. The molecule has 770 valence electrons. The number of esters is 1. The van der Waals surface area contributed by atoms with Crippen molar-refractivity contribution in [3.63, 3.8) is 0 Å². The van der Waals surface area contributed by atoms with Crippen molar-refractivity contribution in [1.29, 1.82) is 10.5 Å². The van der Waals surface area contributed by atoms with Gasteiger partial charge in [-0.25, -0.2) is 45.5 Å². The summed E-state index contributed by atoms with van der Waals surface area (Å²) in [7, 11) is -9.34. The average Bonchev–Trinajstić information content (AvgIpc) is 0.945. The molecule has 6 aromatic carbocycles. The van der Waals surface area contributed by atoms with Gasteiger partial charge in [-0.3, -0.25) is 36.1 Å². The minimum atomic E-state index is -3.43. The van der Waals surface area contributed by atoms with E-state index in [1.54, 1.807) is 64.1 Å². The van der Waals surface area contributed by atoms with Crippen molar-refractivity contribution in [2.24, 2.45) is 18.9 Å². The van der Waals surface area contributed by atoms with E-state index < -0.39 is 83.9 Å². The van der Waals surface area contributed by atoms with Crippen molar-refractivity contribution in [1.82, 2.24) is 62.2 Å². The molecule has 2 fully saturated rings. The number of sulfonamides is 1. The first-order valence-electron chi connectivity index (χ1n) is 46.5. The van der Waals surface area contributed by atoms with Crippen molar-refractivity contribution < 1.29 is 31.2 Å². The van der Waals surface area contributed by atoms with Crippen molar-refractivity contribution >= 4 is 212 Å². The van der Waals surface area contributed by atoms with Crippen LogP contribution in [0, 0.1) is 33.5 Å². The quantitative estimate of drug-likeness (QED) is 0.0217. The first-order valence-corrected chi connectivity index (χ1v) is 67.4. The fraction of sp³-hybridized carbons (Fsp3) is 0.431. The molecule has 6 aromatic heterocycles. The standard InChI is InChI=1S/C31H40N8O2SSi.C21H24N6O2.C18H15Cl2P.C12H20ClNOSSi.C12H21NO2SSi.C6H15N.2CHCl3/c1-29(2,3)28(40)38-17-14-25-26(33-22-34-27(25)38)23-18-35-39(19-23)31(15-16-32)20-37(21-31)42(41,24-12-10-9-11-13-24)36-43(7,8)30(4,5)6;1-20(2,3)19(28)29-14-26-10-5-16-17(23-13-24-18(16)26)15-11-25-27(12-15)21(8-9-22)6-4-7-21;19-21(20,16-10-4-1-5-11-16,17-12-6-2-7-13-17)18-14-8-3-9-15-18;1-12(2,3)17(4,5)14-16(13,15)11-9-7-6-8-10-11;1-12(2,3)17(4,5)13-16(14,15)11-9-7-6-8-10-11;1-4-7(5-2)6-3;2*2-1(3)4/h9-14,17-19,22H,15,20-21H2,1-8H3;5,10-13H,4,6-8,14H2,1-3H3;1-15H;6-10H,1-5H3;6-10,13H,1-5H3;4-6H2,1-3H3;2*1H. The normalized spacial score (nSPS) is 15.0. The van der Waals surface area contributed by atoms with E-state index in [0.717, 1.165) is 62.8 Å². The zero-order valence-corrected chi connectivity index (χ0v) is 98.8. The summed E-state index contributed by atoms with van der Waals surface area (Å²) in [5.41, 5.74) is 2.30. The first kappa shape index (κ1) is 121. The Morgan fingerprint density at radius 3 is 1.24 bits per heavy atom. The van der Waals surface area contributed by atoms with Gasteiger partial charge in [-0.05, 0) is 150 Å². The van der Waals surface area contributed by atoms with Gasteiger partial charge in [0.05, 0.1) is 74.4 Å². The van der Waals surface area contributed by atoms with Crippen LogP contribution < -0.4 is 20.3 Å². The minimum absolute atomic E-state index is 0.0190. The van der Waals surface area contributed by atoms with E-state index in [1.807, 2.05) is 245 Å². The van der Waals surface area contributed by atoms with Crippen LogP contribution in [0.1, 0.15) is 162 Å². The number of hydrogen-bond donors (Lipinski definition) is 1. The number of nitrogens with one attached hydrogen (secondary N) is 1. The van der Waals surface area contributed by atoms with Gasteiger partial charge in [-0.1, -0.05) is 241 Å². The number of ether oxygens (including phenoxy) is 1. The van der Waals surface area contributed by atoms with Gasteiger partial charge in [-0.15, -0.1) is 0 Å².